The Bertz CT molecular complexity index is 730. The Morgan fingerprint density at radius 2 is 2.16 bits per heavy atom. The van der Waals surface area contributed by atoms with Crippen LogP contribution in [-0.4, -0.2) is 30.1 Å². The van der Waals surface area contributed by atoms with Crippen molar-refractivity contribution in [3.8, 4) is 17.2 Å². The summed E-state index contributed by atoms with van der Waals surface area (Å²) < 4.78 is 18.8. The Morgan fingerprint density at radius 1 is 1.32 bits per heavy atom. The first-order chi connectivity index (χ1) is 11.8. The lowest BCUT2D eigenvalue weighted by Crippen LogP contribution is -2.25. The van der Waals surface area contributed by atoms with Gasteiger partial charge in [-0.2, -0.15) is 5.10 Å². The average Bonchev–Trinajstić information content (AvgIpc) is 3.01. The van der Waals surface area contributed by atoms with Crippen LogP contribution < -0.4 is 19.5 Å². The van der Waals surface area contributed by atoms with Crippen LogP contribution >= 0.6 is 12.4 Å². The summed E-state index contributed by atoms with van der Waals surface area (Å²) in [6.45, 7) is 1.90. The molecule has 0 spiro atoms. The lowest BCUT2D eigenvalue weighted by molar-refractivity contribution is 0.165. The normalized spacial score (nSPS) is 18.2. The number of methoxy groups -OCH3 is 1. The van der Waals surface area contributed by atoms with Gasteiger partial charge in [0.05, 0.1) is 13.3 Å². The van der Waals surface area contributed by atoms with E-state index in [0.29, 0.717) is 25.0 Å². The second kappa shape index (κ2) is 7.54. The van der Waals surface area contributed by atoms with E-state index in [1.807, 2.05) is 30.1 Å². The number of aryl methyl sites for hydroxylation is 1. The molecule has 0 radical (unpaired) electrons. The Balaban J connectivity index is 0.00000182. The molecule has 2 aromatic rings. The third-order valence-corrected chi connectivity index (χ3v) is 4.82. The summed E-state index contributed by atoms with van der Waals surface area (Å²) in [5.41, 5.74) is 3.80. The molecule has 0 saturated heterocycles. The molecular weight excluding hydrogens is 342 g/mol. The van der Waals surface area contributed by atoms with E-state index in [0.717, 1.165) is 36.4 Å². The van der Waals surface area contributed by atoms with Crippen molar-refractivity contribution in [2.24, 2.45) is 7.05 Å². The number of hydrogen-bond acceptors (Lipinski definition) is 5. The van der Waals surface area contributed by atoms with Crippen molar-refractivity contribution < 1.29 is 14.2 Å². The van der Waals surface area contributed by atoms with Crippen molar-refractivity contribution in [1.29, 1.82) is 0 Å². The molecule has 1 aliphatic carbocycles. The van der Waals surface area contributed by atoms with E-state index in [-0.39, 0.29) is 12.4 Å². The van der Waals surface area contributed by atoms with Gasteiger partial charge in [0.25, 0.3) is 0 Å². The van der Waals surface area contributed by atoms with Gasteiger partial charge in [-0.15, -0.1) is 12.4 Å². The Morgan fingerprint density at radius 3 is 3.00 bits per heavy atom. The third-order valence-electron chi connectivity index (χ3n) is 4.82. The molecule has 0 saturated carbocycles. The van der Waals surface area contributed by atoms with Crippen molar-refractivity contribution in [2.45, 2.75) is 31.8 Å². The van der Waals surface area contributed by atoms with Gasteiger partial charge in [0.1, 0.15) is 13.2 Å². The molecule has 1 aromatic heterocycles. The zero-order valence-electron chi connectivity index (χ0n) is 14.6. The number of nitrogens with one attached hydrogen (secondary N) is 1. The highest BCUT2D eigenvalue weighted by atomic mass is 35.5. The van der Waals surface area contributed by atoms with Crippen molar-refractivity contribution >= 4 is 12.4 Å². The molecule has 6 nitrogen and oxygen atoms in total. The van der Waals surface area contributed by atoms with Crippen LogP contribution in [0, 0.1) is 0 Å². The first-order valence-corrected chi connectivity index (χ1v) is 8.47. The van der Waals surface area contributed by atoms with Gasteiger partial charge in [0.2, 0.25) is 5.75 Å². The summed E-state index contributed by atoms with van der Waals surface area (Å²) in [5, 5.41) is 8.07. The molecule has 136 valence electrons. The lowest BCUT2D eigenvalue weighted by atomic mass is 9.93. The minimum Gasteiger partial charge on any atom is -0.493 e. The maximum atomic E-state index is 5.71. The lowest BCUT2D eigenvalue weighted by Gasteiger charge is -2.25. The zero-order valence-corrected chi connectivity index (χ0v) is 15.4. The van der Waals surface area contributed by atoms with Gasteiger partial charge in [-0.3, -0.25) is 4.68 Å². The minimum absolute atomic E-state index is 0. The van der Waals surface area contributed by atoms with Gasteiger partial charge in [0.15, 0.2) is 11.5 Å². The maximum Gasteiger partial charge on any atom is 0.203 e. The van der Waals surface area contributed by atoms with Crippen molar-refractivity contribution in [1.82, 2.24) is 15.1 Å². The van der Waals surface area contributed by atoms with Gasteiger partial charge in [-0.05, 0) is 37.0 Å². The highest BCUT2D eigenvalue weighted by molar-refractivity contribution is 5.85. The molecule has 1 unspecified atom stereocenters. The Hall–Kier alpha value is -1.92. The number of aromatic nitrogens is 2. The number of benzene rings is 1. The van der Waals surface area contributed by atoms with Gasteiger partial charge in [0, 0.05) is 30.9 Å². The Labute approximate surface area is 153 Å². The summed E-state index contributed by atoms with van der Waals surface area (Å²) in [4.78, 5) is 0. The third kappa shape index (κ3) is 3.41. The van der Waals surface area contributed by atoms with E-state index >= 15 is 0 Å². The standard InChI is InChI=1S/C18H23N3O3.ClH/c1-21-15-5-3-4-14(13(15)11-20-21)19-10-12-8-16(22-2)18-17(9-12)23-6-7-24-18;/h8-9,11,14,19H,3-7,10H2,1-2H3;1H. The summed E-state index contributed by atoms with van der Waals surface area (Å²) >= 11 is 0. The maximum absolute atomic E-state index is 5.71. The van der Waals surface area contributed by atoms with Gasteiger partial charge in [-0.25, -0.2) is 0 Å². The van der Waals surface area contributed by atoms with E-state index in [1.165, 1.54) is 17.7 Å². The fraction of sp³-hybridized carbons (Fsp3) is 0.500. The van der Waals surface area contributed by atoms with Crippen LogP contribution in [0.15, 0.2) is 18.3 Å². The van der Waals surface area contributed by atoms with E-state index in [1.54, 1.807) is 7.11 Å². The Kier molecular flexibility index (Phi) is 5.39. The molecule has 7 heteroatoms. The highest BCUT2D eigenvalue weighted by Crippen LogP contribution is 2.40. The molecule has 0 bridgehead atoms. The predicted octanol–water partition coefficient (Wildman–Crippen LogP) is 2.79. The second-order valence-electron chi connectivity index (χ2n) is 6.32. The van der Waals surface area contributed by atoms with Crippen LogP contribution in [0.1, 0.15) is 35.7 Å². The SMILES string of the molecule is COc1cc(CNC2CCCc3c2cnn3C)cc2c1OCCO2.Cl. The summed E-state index contributed by atoms with van der Waals surface area (Å²) in [6, 6.07) is 4.41. The minimum atomic E-state index is 0. The molecule has 1 atom stereocenters. The number of hydrogen-bond donors (Lipinski definition) is 1. The molecule has 1 aliphatic heterocycles. The molecule has 1 N–H and O–H groups in total. The van der Waals surface area contributed by atoms with E-state index < -0.39 is 0 Å². The highest BCUT2D eigenvalue weighted by Gasteiger charge is 2.24. The molecule has 0 amide bonds. The largest absolute Gasteiger partial charge is 0.493 e. The molecular formula is C18H24ClN3O3. The molecule has 1 aromatic carbocycles. The van der Waals surface area contributed by atoms with Crippen LogP contribution in [0.4, 0.5) is 0 Å². The number of fused-ring (bicyclic) bond motifs is 2. The smallest absolute Gasteiger partial charge is 0.203 e. The molecule has 25 heavy (non-hydrogen) atoms. The van der Waals surface area contributed by atoms with Crippen LogP contribution in [0.2, 0.25) is 0 Å². The fourth-order valence-electron chi connectivity index (χ4n) is 3.59. The van der Waals surface area contributed by atoms with Gasteiger partial charge in [-0.1, -0.05) is 0 Å². The molecule has 4 rings (SSSR count). The molecule has 2 heterocycles. The van der Waals surface area contributed by atoms with Crippen LogP contribution in [0.5, 0.6) is 17.2 Å². The average molecular weight is 366 g/mol. The van der Waals surface area contributed by atoms with Crippen molar-refractivity contribution in [3.05, 3.63) is 35.2 Å². The quantitative estimate of drug-likeness (QED) is 0.902. The number of nitrogens with zero attached hydrogens (tertiary/aromatic N) is 2. The van der Waals surface area contributed by atoms with E-state index in [9.17, 15) is 0 Å². The van der Waals surface area contributed by atoms with Crippen molar-refractivity contribution in [2.75, 3.05) is 20.3 Å². The first kappa shape index (κ1) is 17.9. The number of rotatable bonds is 4. The molecule has 2 aliphatic rings. The zero-order chi connectivity index (χ0) is 16.5. The van der Waals surface area contributed by atoms with Crippen LogP contribution in [0.25, 0.3) is 0 Å². The van der Waals surface area contributed by atoms with Gasteiger partial charge >= 0.3 is 0 Å². The summed E-state index contributed by atoms with van der Waals surface area (Å²) in [7, 11) is 3.68. The monoisotopic (exact) mass is 365 g/mol. The van der Waals surface area contributed by atoms with Crippen LogP contribution in [-0.2, 0) is 20.0 Å². The number of halogens is 1. The predicted molar refractivity (Wildman–Crippen MR) is 97.0 cm³/mol. The summed E-state index contributed by atoms with van der Waals surface area (Å²) in [5.74, 6) is 2.21. The van der Waals surface area contributed by atoms with Gasteiger partial charge < -0.3 is 19.5 Å². The van der Waals surface area contributed by atoms with E-state index in [2.05, 4.69) is 10.4 Å². The topological polar surface area (TPSA) is 57.5 Å². The van der Waals surface area contributed by atoms with Crippen molar-refractivity contribution in [3.63, 3.8) is 0 Å². The number of ether oxygens (including phenoxy) is 3. The first-order valence-electron chi connectivity index (χ1n) is 8.47. The summed E-state index contributed by atoms with van der Waals surface area (Å²) in [6.07, 6.45) is 5.44. The second-order valence-corrected chi connectivity index (χ2v) is 6.32. The van der Waals surface area contributed by atoms with E-state index in [4.69, 9.17) is 14.2 Å². The fourth-order valence-corrected chi connectivity index (χ4v) is 3.59. The van der Waals surface area contributed by atoms with Crippen LogP contribution in [0.3, 0.4) is 0 Å². The molecule has 0 fully saturated rings.